The molecule has 2 aromatic rings. The number of morpholine rings is 1. The second kappa shape index (κ2) is 8.99. The summed E-state index contributed by atoms with van der Waals surface area (Å²) in [6.07, 6.45) is -0.00255. The van der Waals surface area contributed by atoms with Crippen molar-refractivity contribution < 1.29 is 18.3 Å². The molecule has 1 aliphatic rings. The topological polar surface area (TPSA) is 41.6 Å². The van der Waals surface area contributed by atoms with Gasteiger partial charge in [-0.15, -0.1) is 0 Å². The molecular formula is C21H23ClF2N2O2. The highest BCUT2D eigenvalue weighted by molar-refractivity contribution is 6.31. The van der Waals surface area contributed by atoms with Crippen LogP contribution >= 0.6 is 11.6 Å². The molecule has 2 aromatic carbocycles. The molecule has 1 aliphatic heterocycles. The van der Waals surface area contributed by atoms with E-state index in [0.717, 1.165) is 0 Å². The maximum Gasteiger partial charge on any atom is 0.251 e. The first-order chi connectivity index (χ1) is 13.4. The number of hydrogen-bond acceptors (Lipinski definition) is 3. The molecule has 28 heavy (non-hydrogen) atoms. The van der Waals surface area contributed by atoms with Crippen molar-refractivity contribution in [1.82, 2.24) is 10.2 Å². The molecule has 0 aliphatic carbocycles. The summed E-state index contributed by atoms with van der Waals surface area (Å²) in [7, 11) is 0. The zero-order valence-electron chi connectivity index (χ0n) is 15.8. The molecule has 1 fully saturated rings. The van der Waals surface area contributed by atoms with Crippen LogP contribution in [0.15, 0.2) is 36.4 Å². The summed E-state index contributed by atoms with van der Waals surface area (Å²) in [6, 6.07) is 8.31. The van der Waals surface area contributed by atoms with Crippen molar-refractivity contribution >= 4 is 17.5 Å². The second-order valence-electron chi connectivity index (χ2n) is 7.00. The summed E-state index contributed by atoms with van der Waals surface area (Å²) in [5.74, 6) is -1.12. The highest BCUT2D eigenvalue weighted by atomic mass is 35.5. The lowest BCUT2D eigenvalue weighted by molar-refractivity contribution is -0.0346. The van der Waals surface area contributed by atoms with E-state index in [1.807, 2.05) is 6.92 Å². The van der Waals surface area contributed by atoms with Crippen molar-refractivity contribution in [3.05, 3.63) is 69.7 Å². The lowest BCUT2D eigenvalue weighted by Gasteiger charge is -2.38. The van der Waals surface area contributed by atoms with Gasteiger partial charge in [0.1, 0.15) is 11.6 Å². The molecule has 1 saturated heterocycles. The van der Waals surface area contributed by atoms with Crippen LogP contribution in [-0.4, -0.2) is 43.2 Å². The first-order valence-electron chi connectivity index (χ1n) is 9.20. The Morgan fingerprint density at radius 3 is 2.79 bits per heavy atom. The number of amides is 1. The van der Waals surface area contributed by atoms with Gasteiger partial charge in [0.2, 0.25) is 0 Å². The molecule has 0 saturated carbocycles. The largest absolute Gasteiger partial charge is 0.376 e. The molecule has 1 heterocycles. The number of carbonyl (C=O) groups is 1. The minimum Gasteiger partial charge on any atom is -0.376 e. The fourth-order valence-electron chi connectivity index (χ4n) is 3.45. The molecule has 4 nitrogen and oxygen atoms in total. The number of nitrogens with zero attached hydrogens (tertiary/aromatic N) is 1. The average Bonchev–Trinajstić information content (AvgIpc) is 2.66. The van der Waals surface area contributed by atoms with Crippen molar-refractivity contribution in [2.75, 3.05) is 26.2 Å². The molecule has 150 valence electrons. The number of nitrogens with one attached hydrogen (secondary N) is 1. The van der Waals surface area contributed by atoms with Crippen LogP contribution in [0.5, 0.6) is 0 Å². The van der Waals surface area contributed by atoms with Gasteiger partial charge in [0.15, 0.2) is 0 Å². The van der Waals surface area contributed by atoms with E-state index in [-0.39, 0.29) is 24.4 Å². The van der Waals surface area contributed by atoms with Crippen molar-refractivity contribution in [2.24, 2.45) is 0 Å². The monoisotopic (exact) mass is 408 g/mol. The molecule has 0 bridgehead atoms. The molecule has 2 atom stereocenters. The number of aryl methyl sites for hydroxylation is 1. The Morgan fingerprint density at radius 2 is 2.11 bits per heavy atom. The summed E-state index contributed by atoms with van der Waals surface area (Å²) in [5, 5.41) is 3.16. The Bertz CT molecular complexity index is 842. The maximum atomic E-state index is 14.6. The minimum atomic E-state index is -0.439. The molecule has 0 aromatic heterocycles. The Labute approximate surface area is 168 Å². The van der Waals surface area contributed by atoms with Crippen LogP contribution in [0.4, 0.5) is 8.78 Å². The van der Waals surface area contributed by atoms with E-state index in [1.165, 1.54) is 24.3 Å². The Balaban J connectivity index is 1.83. The van der Waals surface area contributed by atoms with Gasteiger partial charge in [-0.25, -0.2) is 8.78 Å². The summed E-state index contributed by atoms with van der Waals surface area (Å²) < 4.78 is 33.6. The normalized spacial score (nSPS) is 18.7. The van der Waals surface area contributed by atoms with E-state index in [9.17, 15) is 13.6 Å². The molecule has 1 N–H and O–H groups in total. The lowest BCUT2D eigenvalue weighted by Crippen LogP contribution is -2.47. The number of ether oxygens (including phenoxy) is 1. The number of halogens is 3. The number of hydrogen-bond donors (Lipinski definition) is 1. The number of rotatable bonds is 5. The van der Waals surface area contributed by atoms with E-state index in [0.29, 0.717) is 41.4 Å². The first kappa shape index (κ1) is 20.7. The second-order valence-corrected chi connectivity index (χ2v) is 7.41. The van der Waals surface area contributed by atoms with Gasteiger partial charge >= 0.3 is 0 Å². The SMILES string of the molecule is Cc1cc(C(=O)NCC(c2c(F)cccc2Cl)N2CCOC(C)C2)ccc1F. The van der Waals surface area contributed by atoms with Gasteiger partial charge in [0.25, 0.3) is 5.91 Å². The van der Waals surface area contributed by atoms with Gasteiger partial charge < -0.3 is 10.1 Å². The smallest absolute Gasteiger partial charge is 0.251 e. The zero-order chi connectivity index (χ0) is 20.3. The molecule has 0 radical (unpaired) electrons. The van der Waals surface area contributed by atoms with Crippen LogP contribution < -0.4 is 5.32 Å². The van der Waals surface area contributed by atoms with Crippen LogP contribution in [0.2, 0.25) is 5.02 Å². The summed E-state index contributed by atoms with van der Waals surface area (Å²) in [6.45, 7) is 5.44. The molecule has 0 spiro atoms. The van der Waals surface area contributed by atoms with E-state index >= 15 is 0 Å². The Morgan fingerprint density at radius 1 is 1.32 bits per heavy atom. The zero-order valence-corrected chi connectivity index (χ0v) is 16.6. The fraction of sp³-hybridized carbons (Fsp3) is 0.381. The highest BCUT2D eigenvalue weighted by Crippen LogP contribution is 2.31. The molecule has 3 rings (SSSR count). The minimum absolute atomic E-state index is 0.00255. The Hall–Kier alpha value is -2.02. The van der Waals surface area contributed by atoms with Crippen molar-refractivity contribution in [3.63, 3.8) is 0 Å². The average molecular weight is 409 g/mol. The third-order valence-corrected chi connectivity index (χ3v) is 5.25. The summed E-state index contributed by atoms with van der Waals surface area (Å²) >= 11 is 6.30. The predicted octanol–water partition coefficient (Wildman–Crippen LogP) is 4.12. The van der Waals surface area contributed by atoms with Gasteiger partial charge in [-0.2, -0.15) is 0 Å². The molecule has 1 amide bonds. The van der Waals surface area contributed by atoms with Crippen LogP contribution in [0.3, 0.4) is 0 Å². The van der Waals surface area contributed by atoms with Crippen molar-refractivity contribution in [1.29, 1.82) is 0 Å². The van der Waals surface area contributed by atoms with Crippen LogP contribution in [0, 0.1) is 18.6 Å². The Kier molecular flexibility index (Phi) is 6.65. The molecule has 2 unspecified atom stereocenters. The van der Waals surface area contributed by atoms with Crippen molar-refractivity contribution in [2.45, 2.75) is 26.0 Å². The van der Waals surface area contributed by atoms with E-state index in [4.69, 9.17) is 16.3 Å². The van der Waals surface area contributed by atoms with Gasteiger partial charge in [-0.3, -0.25) is 9.69 Å². The quantitative estimate of drug-likeness (QED) is 0.809. The number of carbonyl (C=O) groups excluding carboxylic acids is 1. The molecule has 7 heteroatoms. The third kappa shape index (κ3) is 4.69. The van der Waals surface area contributed by atoms with Gasteiger partial charge in [-0.1, -0.05) is 17.7 Å². The first-order valence-corrected chi connectivity index (χ1v) is 9.58. The lowest BCUT2D eigenvalue weighted by atomic mass is 10.0. The van der Waals surface area contributed by atoms with E-state index < -0.39 is 11.9 Å². The van der Waals surface area contributed by atoms with Crippen LogP contribution in [-0.2, 0) is 4.74 Å². The molecular weight excluding hydrogens is 386 g/mol. The standard InChI is InChI=1S/C21H23ClF2N2O2/c1-13-10-15(6-7-17(13)23)21(27)25-11-19(26-8-9-28-14(2)12-26)20-16(22)4-3-5-18(20)24/h3-7,10,14,19H,8-9,11-12H2,1-2H3,(H,25,27). The fourth-order valence-corrected chi connectivity index (χ4v) is 3.74. The summed E-state index contributed by atoms with van der Waals surface area (Å²) in [4.78, 5) is 14.6. The van der Waals surface area contributed by atoms with E-state index in [2.05, 4.69) is 10.2 Å². The van der Waals surface area contributed by atoms with Crippen LogP contribution in [0.25, 0.3) is 0 Å². The summed E-state index contributed by atoms with van der Waals surface area (Å²) in [5.41, 5.74) is 1.10. The van der Waals surface area contributed by atoms with Gasteiger partial charge in [0, 0.05) is 35.8 Å². The van der Waals surface area contributed by atoms with Crippen molar-refractivity contribution in [3.8, 4) is 0 Å². The van der Waals surface area contributed by atoms with E-state index in [1.54, 1.807) is 19.1 Å². The highest BCUT2D eigenvalue weighted by Gasteiger charge is 2.29. The van der Waals surface area contributed by atoms with Gasteiger partial charge in [-0.05, 0) is 49.7 Å². The number of benzene rings is 2. The van der Waals surface area contributed by atoms with Crippen LogP contribution in [0.1, 0.15) is 34.5 Å². The third-order valence-electron chi connectivity index (χ3n) is 4.92. The predicted molar refractivity (Wildman–Crippen MR) is 105 cm³/mol. The maximum absolute atomic E-state index is 14.6. The van der Waals surface area contributed by atoms with Gasteiger partial charge in [0.05, 0.1) is 18.8 Å².